The van der Waals surface area contributed by atoms with Crippen LogP contribution in [0.4, 0.5) is 11.4 Å². The van der Waals surface area contributed by atoms with Crippen molar-refractivity contribution < 1.29 is 9.53 Å². The molecule has 0 heterocycles. The van der Waals surface area contributed by atoms with Crippen LogP contribution in [0, 0.1) is 5.92 Å². The van der Waals surface area contributed by atoms with Crippen molar-refractivity contribution in [2.24, 2.45) is 5.92 Å². The Bertz CT molecular complexity index is 740. The van der Waals surface area contributed by atoms with E-state index in [1.54, 1.807) is 6.07 Å². The van der Waals surface area contributed by atoms with Crippen LogP contribution in [0.1, 0.15) is 44.5 Å². The third kappa shape index (κ3) is 6.28. The monoisotopic (exact) mass is 432 g/mol. The molecule has 0 unspecified atom stereocenters. The van der Waals surface area contributed by atoms with E-state index in [-0.39, 0.29) is 5.91 Å². The summed E-state index contributed by atoms with van der Waals surface area (Å²) in [5.74, 6) is 0.990. The van der Waals surface area contributed by atoms with Crippen LogP contribution in [-0.4, -0.2) is 25.6 Å². The first-order valence-corrected chi connectivity index (χ1v) is 10.3. The SMILES string of the molecule is CCN(CC)c1ccc(NC(=O)c2cc(Br)ccc2OCCC(C)C)cc1. The molecular weight excluding hydrogens is 404 g/mol. The second-order valence-electron chi connectivity index (χ2n) is 6.84. The lowest BCUT2D eigenvalue weighted by molar-refractivity contribution is 0.102. The molecule has 1 amide bonds. The van der Waals surface area contributed by atoms with Crippen LogP contribution in [-0.2, 0) is 0 Å². The number of rotatable bonds is 9. The second-order valence-corrected chi connectivity index (χ2v) is 7.76. The molecule has 5 heteroatoms. The zero-order chi connectivity index (χ0) is 19.8. The standard InChI is InChI=1S/C22H29BrN2O2/c1-5-25(6-2)19-10-8-18(9-11-19)24-22(26)20-15-17(23)7-12-21(20)27-14-13-16(3)4/h7-12,15-16H,5-6,13-14H2,1-4H3,(H,24,26). The first kappa shape index (κ1) is 21.3. The minimum Gasteiger partial charge on any atom is -0.493 e. The molecule has 0 aliphatic heterocycles. The van der Waals surface area contributed by atoms with Crippen LogP contribution in [0.3, 0.4) is 0 Å². The van der Waals surface area contributed by atoms with E-state index in [0.717, 1.165) is 35.4 Å². The Morgan fingerprint density at radius 2 is 1.78 bits per heavy atom. The van der Waals surface area contributed by atoms with E-state index in [1.165, 1.54) is 0 Å². The molecule has 2 aromatic rings. The molecule has 0 bridgehead atoms. The summed E-state index contributed by atoms with van der Waals surface area (Å²) in [5.41, 5.74) is 2.45. The van der Waals surface area contributed by atoms with Crippen molar-refractivity contribution in [3.05, 3.63) is 52.5 Å². The van der Waals surface area contributed by atoms with Crippen molar-refractivity contribution in [3.8, 4) is 5.75 Å². The van der Waals surface area contributed by atoms with Gasteiger partial charge in [-0.15, -0.1) is 0 Å². The number of halogens is 1. The van der Waals surface area contributed by atoms with Gasteiger partial charge in [-0.1, -0.05) is 29.8 Å². The number of benzene rings is 2. The quantitative estimate of drug-likeness (QED) is 0.530. The molecule has 0 saturated heterocycles. The summed E-state index contributed by atoms with van der Waals surface area (Å²) in [6.07, 6.45) is 0.948. The normalized spacial score (nSPS) is 10.7. The van der Waals surface area contributed by atoms with Crippen LogP contribution in [0.15, 0.2) is 46.9 Å². The number of carbonyl (C=O) groups is 1. The fourth-order valence-electron chi connectivity index (χ4n) is 2.75. The fourth-order valence-corrected chi connectivity index (χ4v) is 3.11. The molecule has 0 spiro atoms. The van der Waals surface area contributed by atoms with E-state index < -0.39 is 0 Å². The van der Waals surface area contributed by atoms with Gasteiger partial charge in [0.05, 0.1) is 12.2 Å². The van der Waals surface area contributed by atoms with Crippen molar-refractivity contribution in [2.45, 2.75) is 34.1 Å². The molecule has 146 valence electrons. The number of nitrogens with one attached hydrogen (secondary N) is 1. The van der Waals surface area contributed by atoms with Crippen LogP contribution in [0.25, 0.3) is 0 Å². The first-order chi connectivity index (χ1) is 12.9. The van der Waals surface area contributed by atoms with Crippen molar-refractivity contribution in [1.29, 1.82) is 0 Å². The second kappa shape index (κ2) is 10.4. The van der Waals surface area contributed by atoms with E-state index in [4.69, 9.17) is 4.74 Å². The van der Waals surface area contributed by atoms with E-state index in [9.17, 15) is 4.79 Å². The van der Waals surface area contributed by atoms with Gasteiger partial charge in [-0.05, 0) is 68.7 Å². The summed E-state index contributed by atoms with van der Waals surface area (Å²) >= 11 is 3.44. The largest absolute Gasteiger partial charge is 0.493 e. The van der Waals surface area contributed by atoms with Gasteiger partial charge in [-0.2, -0.15) is 0 Å². The smallest absolute Gasteiger partial charge is 0.259 e. The lowest BCUT2D eigenvalue weighted by atomic mass is 10.1. The average molecular weight is 433 g/mol. The van der Waals surface area contributed by atoms with Gasteiger partial charge in [0.25, 0.3) is 5.91 Å². The summed E-state index contributed by atoms with van der Waals surface area (Å²) in [6.45, 7) is 11.1. The van der Waals surface area contributed by atoms with Gasteiger partial charge in [0.2, 0.25) is 0 Å². The zero-order valence-corrected chi connectivity index (χ0v) is 18.2. The molecule has 2 aromatic carbocycles. The summed E-state index contributed by atoms with van der Waals surface area (Å²) in [7, 11) is 0. The molecule has 27 heavy (non-hydrogen) atoms. The van der Waals surface area contributed by atoms with Gasteiger partial charge < -0.3 is 15.0 Å². The molecule has 0 aromatic heterocycles. The Hall–Kier alpha value is -2.01. The van der Waals surface area contributed by atoms with Crippen molar-refractivity contribution in [3.63, 3.8) is 0 Å². The van der Waals surface area contributed by atoms with Gasteiger partial charge in [-0.25, -0.2) is 0 Å². The zero-order valence-electron chi connectivity index (χ0n) is 16.6. The Morgan fingerprint density at radius 3 is 2.37 bits per heavy atom. The predicted octanol–water partition coefficient (Wildman–Crippen LogP) is 5.97. The lowest BCUT2D eigenvalue weighted by Gasteiger charge is -2.21. The number of hydrogen-bond donors (Lipinski definition) is 1. The van der Waals surface area contributed by atoms with Crippen molar-refractivity contribution in [1.82, 2.24) is 0 Å². The summed E-state index contributed by atoms with van der Waals surface area (Å²) in [5, 5.41) is 2.97. The molecule has 0 radical (unpaired) electrons. The van der Waals surface area contributed by atoms with Crippen LogP contribution >= 0.6 is 15.9 Å². The van der Waals surface area contributed by atoms with Crippen molar-refractivity contribution >= 4 is 33.2 Å². The van der Waals surface area contributed by atoms with E-state index in [1.807, 2.05) is 36.4 Å². The summed E-state index contributed by atoms with van der Waals surface area (Å²) in [4.78, 5) is 15.1. The fraction of sp³-hybridized carbons (Fsp3) is 0.409. The molecule has 0 aliphatic carbocycles. The molecule has 0 saturated carbocycles. The van der Waals surface area contributed by atoms with E-state index in [2.05, 4.69) is 53.8 Å². The maximum atomic E-state index is 12.8. The van der Waals surface area contributed by atoms with E-state index >= 15 is 0 Å². The predicted molar refractivity (Wildman–Crippen MR) is 117 cm³/mol. The maximum Gasteiger partial charge on any atom is 0.259 e. The highest BCUT2D eigenvalue weighted by molar-refractivity contribution is 9.10. The van der Waals surface area contributed by atoms with Crippen LogP contribution in [0.2, 0.25) is 0 Å². The van der Waals surface area contributed by atoms with Gasteiger partial charge in [0.1, 0.15) is 5.75 Å². The highest BCUT2D eigenvalue weighted by atomic mass is 79.9. The highest BCUT2D eigenvalue weighted by Gasteiger charge is 2.14. The van der Waals surface area contributed by atoms with Gasteiger partial charge in [-0.3, -0.25) is 4.79 Å². The van der Waals surface area contributed by atoms with Crippen LogP contribution in [0.5, 0.6) is 5.75 Å². The third-order valence-electron chi connectivity index (χ3n) is 4.39. The van der Waals surface area contributed by atoms with Crippen LogP contribution < -0.4 is 15.0 Å². The molecule has 0 atom stereocenters. The highest BCUT2D eigenvalue weighted by Crippen LogP contribution is 2.25. The first-order valence-electron chi connectivity index (χ1n) is 9.53. The topological polar surface area (TPSA) is 41.6 Å². The minimum atomic E-state index is -0.175. The van der Waals surface area contributed by atoms with Gasteiger partial charge >= 0.3 is 0 Å². The summed E-state index contributed by atoms with van der Waals surface area (Å²) < 4.78 is 6.70. The summed E-state index contributed by atoms with van der Waals surface area (Å²) in [6, 6.07) is 13.5. The van der Waals surface area contributed by atoms with E-state index in [0.29, 0.717) is 23.8 Å². The Morgan fingerprint density at radius 1 is 1.11 bits per heavy atom. The Labute approximate surface area is 171 Å². The molecule has 1 N–H and O–H groups in total. The maximum absolute atomic E-state index is 12.8. The number of carbonyl (C=O) groups excluding carboxylic acids is 1. The Balaban J connectivity index is 2.11. The third-order valence-corrected chi connectivity index (χ3v) is 4.89. The van der Waals surface area contributed by atoms with Gasteiger partial charge in [0.15, 0.2) is 0 Å². The molecule has 0 aliphatic rings. The molecule has 0 fully saturated rings. The van der Waals surface area contributed by atoms with Gasteiger partial charge in [0, 0.05) is 28.9 Å². The number of ether oxygens (including phenoxy) is 1. The Kier molecular flexibility index (Phi) is 8.17. The molecule has 4 nitrogen and oxygen atoms in total. The number of nitrogens with zero attached hydrogens (tertiary/aromatic N) is 1. The molecular formula is C22H29BrN2O2. The number of hydrogen-bond acceptors (Lipinski definition) is 3. The number of amides is 1. The lowest BCUT2D eigenvalue weighted by Crippen LogP contribution is -2.21. The number of anilines is 2. The van der Waals surface area contributed by atoms with Crippen molar-refractivity contribution in [2.75, 3.05) is 29.9 Å². The molecule has 2 rings (SSSR count). The average Bonchev–Trinajstić information content (AvgIpc) is 2.65. The minimum absolute atomic E-state index is 0.175.